The van der Waals surface area contributed by atoms with E-state index in [1.54, 1.807) is 34.2 Å². The van der Waals surface area contributed by atoms with Crippen molar-refractivity contribution in [3.63, 3.8) is 0 Å². The smallest absolute Gasteiger partial charge is 0.259 e. The quantitative estimate of drug-likeness (QED) is 0.802. The number of fused-ring (bicyclic) bond motifs is 1. The van der Waals surface area contributed by atoms with E-state index in [9.17, 15) is 4.79 Å². The number of hydrogen-bond acceptors (Lipinski definition) is 5. The molecule has 0 aliphatic carbocycles. The third kappa shape index (κ3) is 2.70. The highest BCUT2D eigenvalue weighted by Gasteiger charge is 2.26. The van der Waals surface area contributed by atoms with Crippen LogP contribution in [0.4, 0.5) is 0 Å². The van der Waals surface area contributed by atoms with Crippen LogP contribution in [0.2, 0.25) is 0 Å². The number of aromatic nitrogens is 4. The van der Waals surface area contributed by atoms with Crippen molar-refractivity contribution in [2.75, 3.05) is 6.54 Å². The minimum absolute atomic E-state index is 0.0225. The second-order valence-electron chi connectivity index (χ2n) is 6.03. The summed E-state index contributed by atoms with van der Waals surface area (Å²) in [4.78, 5) is 27.9. The largest absolute Gasteiger partial charge is 0.327 e. The third-order valence-corrected chi connectivity index (χ3v) is 5.50. The van der Waals surface area contributed by atoms with Gasteiger partial charge in [0.1, 0.15) is 0 Å². The van der Waals surface area contributed by atoms with Crippen molar-refractivity contribution in [1.82, 2.24) is 24.3 Å². The average Bonchev–Trinajstić information content (AvgIpc) is 3.18. The van der Waals surface area contributed by atoms with Gasteiger partial charge in [-0.15, -0.1) is 11.3 Å². The zero-order valence-electron chi connectivity index (χ0n) is 13.0. The normalized spacial score (nSPS) is 19.4. The Balaban J connectivity index is 1.68. The van der Waals surface area contributed by atoms with Gasteiger partial charge in [-0.25, -0.2) is 9.97 Å². The fourth-order valence-electron chi connectivity index (χ4n) is 3.32. The molecule has 3 aromatic rings. The number of imidazole rings is 1. The van der Waals surface area contributed by atoms with Crippen molar-refractivity contribution >= 4 is 17.1 Å². The first-order valence-corrected chi connectivity index (χ1v) is 8.79. The SMILES string of the molecule is Cc1ncsc1CN1CCCCC1c1cc(=O)n2ccnc2[nH]1. The van der Waals surface area contributed by atoms with E-state index in [4.69, 9.17) is 0 Å². The van der Waals surface area contributed by atoms with Gasteiger partial charge in [-0.3, -0.25) is 14.1 Å². The van der Waals surface area contributed by atoms with Crippen LogP contribution in [0.5, 0.6) is 0 Å². The van der Waals surface area contributed by atoms with Crippen LogP contribution in [0.3, 0.4) is 0 Å². The Kier molecular flexibility index (Phi) is 3.74. The highest BCUT2D eigenvalue weighted by molar-refractivity contribution is 7.09. The molecule has 6 nitrogen and oxygen atoms in total. The zero-order valence-corrected chi connectivity index (χ0v) is 13.8. The summed E-state index contributed by atoms with van der Waals surface area (Å²) >= 11 is 1.71. The van der Waals surface area contributed by atoms with E-state index in [2.05, 4.69) is 26.8 Å². The molecule has 1 fully saturated rings. The Morgan fingerprint density at radius 1 is 1.39 bits per heavy atom. The number of likely N-dealkylation sites (tertiary alicyclic amines) is 1. The van der Waals surface area contributed by atoms with Gasteiger partial charge < -0.3 is 4.98 Å². The highest BCUT2D eigenvalue weighted by Crippen LogP contribution is 2.31. The van der Waals surface area contributed by atoms with E-state index < -0.39 is 0 Å². The number of rotatable bonds is 3. The van der Waals surface area contributed by atoms with Crippen molar-refractivity contribution in [2.45, 2.75) is 38.8 Å². The van der Waals surface area contributed by atoms with Crippen LogP contribution in [-0.4, -0.2) is 30.8 Å². The van der Waals surface area contributed by atoms with Crippen LogP contribution in [0.25, 0.3) is 5.78 Å². The number of aromatic amines is 1. The number of nitrogens with zero attached hydrogens (tertiary/aromatic N) is 4. The van der Waals surface area contributed by atoms with Crippen LogP contribution >= 0.6 is 11.3 Å². The lowest BCUT2D eigenvalue weighted by Gasteiger charge is -2.35. The summed E-state index contributed by atoms with van der Waals surface area (Å²) < 4.78 is 1.55. The molecule has 1 unspecified atom stereocenters. The van der Waals surface area contributed by atoms with Gasteiger partial charge in [0, 0.05) is 35.6 Å². The number of aryl methyl sites for hydroxylation is 1. The molecule has 0 bridgehead atoms. The van der Waals surface area contributed by atoms with Crippen molar-refractivity contribution in [3.8, 4) is 0 Å². The molecule has 1 aliphatic rings. The maximum atomic E-state index is 12.3. The fraction of sp³-hybridized carbons (Fsp3) is 0.438. The lowest BCUT2D eigenvalue weighted by molar-refractivity contribution is 0.138. The molecule has 0 amide bonds. The molecule has 1 atom stereocenters. The molecule has 0 aromatic carbocycles. The lowest BCUT2D eigenvalue weighted by atomic mass is 9.99. The van der Waals surface area contributed by atoms with Gasteiger partial charge in [0.15, 0.2) is 0 Å². The molecule has 0 radical (unpaired) electrons. The zero-order chi connectivity index (χ0) is 15.8. The van der Waals surface area contributed by atoms with E-state index in [1.807, 2.05) is 5.51 Å². The predicted octanol–water partition coefficient (Wildman–Crippen LogP) is 2.51. The highest BCUT2D eigenvalue weighted by atomic mass is 32.1. The Hall–Kier alpha value is -1.99. The summed E-state index contributed by atoms with van der Waals surface area (Å²) in [5, 5.41) is 0. The molecular formula is C16H19N5OS. The first kappa shape index (κ1) is 14.6. The molecule has 1 saturated heterocycles. The number of nitrogens with one attached hydrogen (secondary N) is 1. The van der Waals surface area contributed by atoms with Gasteiger partial charge in [0.05, 0.1) is 17.2 Å². The van der Waals surface area contributed by atoms with Crippen LogP contribution < -0.4 is 5.56 Å². The summed E-state index contributed by atoms with van der Waals surface area (Å²) in [6.45, 7) is 4.00. The van der Waals surface area contributed by atoms with Crippen LogP contribution in [-0.2, 0) is 6.54 Å². The summed E-state index contributed by atoms with van der Waals surface area (Å²) in [6, 6.07) is 1.96. The van der Waals surface area contributed by atoms with E-state index >= 15 is 0 Å². The predicted molar refractivity (Wildman–Crippen MR) is 89.7 cm³/mol. The molecule has 3 aromatic heterocycles. The van der Waals surface area contributed by atoms with E-state index in [1.165, 1.54) is 17.7 Å². The standard InChI is InChI=1S/C16H19N5OS/c1-11-14(23-10-18-11)9-20-6-3-2-4-13(20)12-8-15(22)21-7-5-17-16(21)19-12/h5,7-8,10,13H,2-4,6,9H2,1H3,(H,17,19). The summed E-state index contributed by atoms with van der Waals surface area (Å²) in [6.07, 6.45) is 6.78. The van der Waals surface area contributed by atoms with Gasteiger partial charge >= 0.3 is 0 Å². The fourth-order valence-corrected chi connectivity index (χ4v) is 4.12. The summed E-state index contributed by atoms with van der Waals surface area (Å²) in [5.74, 6) is 0.618. The summed E-state index contributed by atoms with van der Waals surface area (Å²) in [5.41, 5.74) is 3.96. The van der Waals surface area contributed by atoms with Crippen molar-refractivity contribution in [1.29, 1.82) is 0 Å². The summed E-state index contributed by atoms with van der Waals surface area (Å²) in [7, 11) is 0. The molecule has 4 rings (SSSR count). The van der Waals surface area contributed by atoms with Crippen molar-refractivity contribution < 1.29 is 0 Å². The topological polar surface area (TPSA) is 66.3 Å². The second kappa shape index (κ2) is 5.90. The van der Waals surface area contributed by atoms with Gasteiger partial charge in [-0.1, -0.05) is 6.42 Å². The number of thiazole rings is 1. The first-order chi connectivity index (χ1) is 11.2. The minimum atomic E-state index is -0.0225. The first-order valence-electron chi connectivity index (χ1n) is 7.91. The maximum absolute atomic E-state index is 12.3. The van der Waals surface area contributed by atoms with Gasteiger partial charge in [-0.05, 0) is 26.3 Å². The molecule has 0 spiro atoms. The van der Waals surface area contributed by atoms with E-state index in [-0.39, 0.29) is 11.6 Å². The van der Waals surface area contributed by atoms with Crippen molar-refractivity contribution in [2.24, 2.45) is 0 Å². The molecule has 7 heteroatoms. The maximum Gasteiger partial charge on any atom is 0.259 e. The van der Waals surface area contributed by atoms with Crippen molar-refractivity contribution in [3.05, 3.63) is 50.6 Å². The third-order valence-electron chi connectivity index (χ3n) is 4.58. The Bertz CT molecular complexity index is 880. The van der Waals surface area contributed by atoms with Crippen LogP contribution in [0.1, 0.15) is 41.6 Å². The average molecular weight is 329 g/mol. The van der Waals surface area contributed by atoms with Gasteiger partial charge in [0.25, 0.3) is 5.56 Å². The molecule has 1 aliphatic heterocycles. The monoisotopic (exact) mass is 329 g/mol. The minimum Gasteiger partial charge on any atom is -0.327 e. The van der Waals surface area contributed by atoms with Crippen LogP contribution in [0.15, 0.2) is 28.8 Å². The Labute approximate surface area is 137 Å². The second-order valence-corrected chi connectivity index (χ2v) is 6.97. The molecule has 23 heavy (non-hydrogen) atoms. The molecular weight excluding hydrogens is 310 g/mol. The molecule has 0 saturated carbocycles. The number of H-pyrrole nitrogens is 1. The van der Waals surface area contributed by atoms with Gasteiger partial charge in [0.2, 0.25) is 5.78 Å². The Morgan fingerprint density at radius 3 is 3.13 bits per heavy atom. The van der Waals surface area contributed by atoms with E-state index in [0.717, 1.165) is 30.9 Å². The molecule has 120 valence electrons. The Morgan fingerprint density at radius 2 is 2.30 bits per heavy atom. The van der Waals surface area contributed by atoms with Gasteiger partial charge in [-0.2, -0.15) is 0 Å². The molecule has 4 heterocycles. The number of piperidine rings is 1. The van der Waals surface area contributed by atoms with Crippen LogP contribution in [0, 0.1) is 6.92 Å². The molecule has 1 N–H and O–H groups in total. The van der Waals surface area contributed by atoms with E-state index in [0.29, 0.717) is 5.78 Å². The number of hydrogen-bond donors (Lipinski definition) is 1. The lowest BCUT2D eigenvalue weighted by Crippen LogP contribution is -2.34.